The first kappa shape index (κ1) is 19.7. The van der Waals surface area contributed by atoms with Crippen molar-refractivity contribution in [1.29, 1.82) is 0 Å². The highest BCUT2D eigenvalue weighted by Gasteiger charge is 2.14. The number of aromatic nitrogens is 5. The van der Waals surface area contributed by atoms with Gasteiger partial charge in [-0.15, -0.1) is 10.2 Å². The van der Waals surface area contributed by atoms with Crippen molar-refractivity contribution in [3.8, 4) is 22.9 Å². The van der Waals surface area contributed by atoms with E-state index in [0.717, 1.165) is 0 Å². The Kier molecular flexibility index (Phi) is 5.80. The van der Waals surface area contributed by atoms with Crippen LogP contribution < -0.4 is 15.3 Å². The molecule has 2 aromatic heterocycles. The van der Waals surface area contributed by atoms with Crippen LogP contribution in [0.5, 0.6) is 11.5 Å². The van der Waals surface area contributed by atoms with Gasteiger partial charge < -0.3 is 19.8 Å². The van der Waals surface area contributed by atoms with E-state index in [2.05, 4.69) is 20.3 Å². The molecule has 0 bridgehead atoms. The number of nitrogens with zero attached hydrogens (tertiary/aromatic N) is 5. The number of benzene rings is 2. The lowest BCUT2D eigenvalue weighted by molar-refractivity contribution is 0.289. The summed E-state index contributed by atoms with van der Waals surface area (Å²) in [5.41, 5.74) is 0.662. The second kappa shape index (κ2) is 8.82. The first-order chi connectivity index (χ1) is 14.6. The van der Waals surface area contributed by atoms with Crippen molar-refractivity contribution >= 4 is 11.8 Å². The Morgan fingerprint density at radius 3 is 2.73 bits per heavy atom. The van der Waals surface area contributed by atoms with Gasteiger partial charge >= 0.3 is 0 Å². The summed E-state index contributed by atoms with van der Waals surface area (Å²) in [7, 11) is 1.59. The van der Waals surface area contributed by atoms with Crippen LogP contribution in [0.25, 0.3) is 11.4 Å². The number of ether oxygens (including phenoxy) is 2. The van der Waals surface area contributed by atoms with E-state index in [0.29, 0.717) is 45.5 Å². The van der Waals surface area contributed by atoms with Crippen LogP contribution in [0, 0.1) is 5.82 Å². The van der Waals surface area contributed by atoms with Gasteiger partial charge in [0.1, 0.15) is 23.9 Å². The average Bonchev–Trinajstić information content (AvgIpc) is 3.38. The molecule has 154 valence electrons. The quantitative estimate of drug-likeness (QED) is 0.334. The zero-order valence-electron chi connectivity index (χ0n) is 15.9. The number of hydrogen-bond donors (Lipinski definition) is 1. The molecule has 0 aliphatic heterocycles. The Bertz CT molecular complexity index is 1130. The lowest BCUT2D eigenvalue weighted by atomic mass is 10.2. The molecule has 4 rings (SSSR count). The molecule has 0 aliphatic carbocycles. The van der Waals surface area contributed by atoms with Crippen molar-refractivity contribution in [2.75, 3.05) is 13.0 Å². The minimum Gasteiger partial charge on any atom is -0.497 e. The Labute approximate surface area is 175 Å². The van der Waals surface area contributed by atoms with Gasteiger partial charge in [0, 0.05) is 11.6 Å². The SMILES string of the molecule is COc1cccc(OCc2nnc(SCc3nc(-c4ccc(F)cc4)no3)n2N)c1. The molecule has 30 heavy (non-hydrogen) atoms. The van der Waals surface area contributed by atoms with Crippen LogP contribution >= 0.6 is 11.8 Å². The molecule has 0 saturated heterocycles. The summed E-state index contributed by atoms with van der Waals surface area (Å²) in [6.45, 7) is 0.145. The van der Waals surface area contributed by atoms with Gasteiger partial charge in [0.05, 0.1) is 12.9 Å². The molecule has 0 fully saturated rings. The standard InChI is InChI=1S/C19H17FN6O3S/c1-27-14-3-2-4-15(9-14)28-10-16-23-24-19(26(16)21)30-11-17-22-18(25-29-17)12-5-7-13(20)8-6-12/h2-9H,10-11,21H2,1H3. The summed E-state index contributed by atoms with van der Waals surface area (Å²) >= 11 is 1.29. The third kappa shape index (κ3) is 4.51. The van der Waals surface area contributed by atoms with Crippen molar-refractivity contribution in [2.24, 2.45) is 0 Å². The lowest BCUT2D eigenvalue weighted by Gasteiger charge is -2.07. The Morgan fingerprint density at radius 2 is 1.93 bits per heavy atom. The number of thioether (sulfide) groups is 1. The molecule has 0 atom stereocenters. The highest BCUT2D eigenvalue weighted by molar-refractivity contribution is 7.98. The summed E-state index contributed by atoms with van der Waals surface area (Å²) in [6, 6.07) is 13.1. The summed E-state index contributed by atoms with van der Waals surface area (Å²) in [5, 5.41) is 12.5. The van der Waals surface area contributed by atoms with E-state index in [1.165, 1.54) is 28.6 Å². The fourth-order valence-electron chi connectivity index (χ4n) is 2.50. The predicted octanol–water partition coefficient (Wildman–Crippen LogP) is 3.06. The summed E-state index contributed by atoms with van der Waals surface area (Å²) in [5.74, 6) is 8.63. The smallest absolute Gasteiger partial charge is 0.237 e. The van der Waals surface area contributed by atoms with Crippen LogP contribution in [0.4, 0.5) is 4.39 Å². The summed E-state index contributed by atoms with van der Waals surface area (Å²) in [4.78, 5) is 4.30. The molecule has 4 aromatic rings. The molecular weight excluding hydrogens is 411 g/mol. The van der Waals surface area contributed by atoms with Crippen LogP contribution in [-0.4, -0.2) is 32.1 Å². The van der Waals surface area contributed by atoms with Gasteiger partial charge in [-0.1, -0.05) is 23.0 Å². The van der Waals surface area contributed by atoms with E-state index in [1.54, 1.807) is 25.3 Å². The van der Waals surface area contributed by atoms with Gasteiger partial charge in [-0.2, -0.15) is 4.98 Å². The van der Waals surface area contributed by atoms with E-state index in [4.69, 9.17) is 19.8 Å². The van der Waals surface area contributed by atoms with Crippen LogP contribution in [0.15, 0.2) is 58.2 Å². The molecule has 2 heterocycles. The molecule has 11 heteroatoms. The Balaban J connectivity index is 1.36. The predicted molar refractivity (Wildman–Crippen MR) is 107 cm³/mol. The first-order valence-electron chi connectivity index (χ1n) is 8.80. The molecular formula is C19H17FN6O3S. The number of hydrogen-bond acceptors (Lipinski definition) is 9. The van der Waals surface area contributed by atoms with E-state index < -0.39 is 0 Å². The normalized spacial score (nSPS) is 10.9. The number of halogens is 1. The topological polar surface area (TPSA) is 114 Å². The Morgan fingerprint density at radius 1 is 1.13 bits per heavy atom. The van der Waals surface area contributed by atoms with E-state index in [9.17, 15) is 4.39 Å². The van der Waals surface area contributed by atoms with Gasteiger partial charge in [0.25, 0.3) is 0 Å². The van der Waals surface area contributed by atoms with Gasteiger partial charge in [0.2, 0.25) is 16.9 Å². The van der Waals surface area contributed by atoms with Crippen molar-refractivity contribution < 1.29 is 18.4 Å². The monoisotopic (exact) mass is 428 g/mol. The average molecular weight is 428 g/mol. The molecule has 0 aliphatic rings. The zero-order valence-corrected chi connectivity index (χ0v) is 16.7. The molecule has 2 aromatic carbocycles. The number of methoxy groups -OCH3 is 1. The van der Waals surface area contributed by atoms with Crippen LogP contribution in [0.3, 0.4) is 0 Å². The van der Waals surface area contributed by atoms with Crippen LogP contribution in [-0.2, 0) is 12.4 Å². The van der Waals surface area contributed by atoms with E-state index in [-0.39, 0.29) is 12.4 Å². The van der Waals surface area contributed by atoms with Gasteiger partial charge in [0.15, 0.2) is 5.82 Å². The fourth-order valence-corrected chi connectivity index (χ4v) is 3.21. The van der Waals surface area contributed by atoms with Gasteiger partial charge in [-0.05, 0) is 36.4 Å². The van der Waals surface area contributed by atoms with Crippen LogP contribution in [0.1, 0.15) is 11.7 Å². The highest BCUT2D eigenvalue weighted by atomic mass is 32.2. The maximum atomic E-state index is 13.0. The number of rotatable bonds is 8. The lowest BCUT2D eigenvalue weighted by Crippen LogP contribution is -2.15. The van der Waals surface area contributed by atoms with Gasteiger partial charge in [-0.3, -0.25) is 0 Å². The van der Waals surface area contributed by atoms with Crippen molar-refractivity contribution in [3.05, 3.63) is 66.1 Å². The molecule has 0 amide bonds. The number of nitrogens with two attached hydrogens (primary N) is 1. The summed E-state index contributed by atoms with van der Waals surface area (Å²) < 4.78 is 30.5. The first-order valence-corrected chi connectivity index (χ1v) is 9.78. The second-order valence-electron chi connectivity index (χ2n) is 6.04. The van der Waals surface area contributed by atoms with Crippen molar-refractivity contribution in [3.63, 3.8) is 0 Å². The molecule has 9 nitrogen and oxygen atoms in total. The van der Waals surface area contributed by atoms with E-state index >= 15 is 0 Å². The van der Waals surface area contributed by atoms with Crippen molar-refractivity contribution in [1.82, 2.24) is 25.0 Å². The largest absolute Gasteiger partial charge is 0.497 e. The third-order valence-electron chi connectivity index (χ3n) is 4.04. The molecule has 0 radical (unpaired) electrons. The summed E-state index contributed by atoms with van der Waals surface area (Å²) in [6.07, 6.45) is 0. The minimum atomic E-state index is -0.327. The third-order valence-corrected chi connectivity index (χ3v) is 4.97. The molecule has 2 N–H and O–H groups in total. The Hall–Kier alpha value is -3.60. The fraction of sp³-hybridized carbons (Fsp3) is 0.158. The zero-order chi connectivity index (χ0) is 20.9. The van der Waals surface area contributed by atoms with Crippen LogP contribution in [0.2, 0.25) is 0 Å². The minimum absolute atomic E-state index is 0.145. The maximum Gasteiger partial charge on any atom is 0.237 e. The molecule has 0 saturated carbocycles. The van der Waals surface area contributed by atoms with E-state index in [1.807, 2.05) is 18.2 Å². The van der Waals surface area contributed by atoms with Gasteiger partial charge in [-0.25, -0.2) is 9.07 Å². The molecule has 0 spiro atoms. The molecule has 0 unspecified atom stereocenters. The van der Waals surface area contributed by atoms with Crippen molar-refractivity contribution in [2.45, 2.75) is 17.5 Å². The number of nitrogen functional groups attached to an aromatic ring is 1. The highest BCUT2D eigenvalue weighted by Crippen LogP contribution is 2.23. The second-order valence-corrected chi connectivity index (χ2v) is 6.99. The maximum absolute atomic E-state index is 13.0.